The molecule has 0 aliphatic carbocycles. The van der Waals surface area contributed by atoms with Crippen molar-refractivity contribution < 1.29 is 4.79 Å². The van der Waals surface area contributed by atoms with E-state index in [9.17, 15) is 4.79 Å². The summed E-state index contributed by atoms with van der Waals surface area (Å²) in [5.41, 5.74) is 8.94. The number of rotatable bonds is 5. The van der Waals surface area contributed by atoms with Gasteiger partial charge in [0.2, 0.25) is 5.91 Å². The molecule has 2 aromatic carbocycles. The molecule has 0 bridgehead atoms. The van der Waals surface area contributed by atoms with Gasteiger partial charge in [0.05, 0.1) is 23.4 Å². The number of imidazole rings is 1. The summed E-state index contributed by atoms with van der Waals surface area (Å²) in [7, 11) is 0. The maximum absolute atomic E-state index is 11.2. The fraction of sp³-hybridized carbons (Fsp3) is 0.111. The fourth-order valence-corrected chi connectivity index (χ4v) is 2.66. The molecule has 1 atom stereocenters. The third kappa shape index (κ3) is 2.51. The van der Waals surface area contributed by atoms with Crippen LogP contribution in [0.25, 0.3) is 11.0 Å². The van der Waals surface area contributed by atoms with Crippen molar-refractivity contribution in [3.8, 4) is 0 Å². The Hall–Kier alpha value is -2.88. The maximum atomic E-state index is 11.2. The average molecular weight is 291 g/mol. The van der Waals surface area contributed by atoms with E-state index in [0.29, 0.717) is 5.56 Å². The van der Waals surface area contributed by atoms with Crippen molar-refractivity contribution in [2.75, 3.05) is 0 Å². The van der Waals surface area contributed by atoms with Crippen LogP contribution in [0.5, 0.6) is 0 Å². The zero-order valence-corrected chi connectivity index (χ0v) is 12.1. The minimum atomic E-state index is -0.417. The quantitative estimate of drug-likeness (QED) is 0.733. The molecular formula is C18H17N3O. The van der Waals surface area contributed by atoms with Crippen molar-refractivity contribution in [1.82, 2.24) is 9.55 Å². The van der Waals surface area contributed by atoms with Crippen molar-refractivity contribution in [2.24, 2.45) is 5.73 Å². The van der Waals surface area contributed by atoms with Gasteiger partial charge in [-0.2, -0.15) is 0 Å². The Kier molecular flexibility index (Phi) is 3.74. The number of primary amides is 1. The van der Waals surface area contributed by atoms with Gasteiger partial charge in [-0.3, -0.25) is 4.79 Å². The van der Waals surface area contributed by atoms with E-state index in [2.05, 4.69) is 22.2 Å². The van der Waals surface area contributed by atoms with Gasteiger partial charge in [-0.05, 0) is 36.2 Å². The summed E-state index contributed by atoms with van der Waals surface area (Å²) < 4.78 is 2.14. The summed E-state index contributed by atoms with van der Waals surface area (Å²) in [5.74, 6) is -0.417. The molecule has 0 spiro atoms. The summed E-state index contributed by atoms with van der Waals surface area (Å²) >= 11 is 0. The van der Waals surface area contributed by atoms with Gasteiger partial charge in [-0.25, -0.2) is 4.98 Å². The molecule has 1 aromatic heterocycles. The van der Waals surface area contributed by atoms with Crippen LogP contribution in [0.15, 0.2) is 67.5 Å². The van der Waals surface area contributed by atoms with Crippen LogP contribution in [0.4, 0.5) is 0 Å². The normalized spacial score (nSPS) is 12.2. The van der Waals surface area contributed by atoms with Crippen LogP contribution < -0.4 is 5.73 Å². The van der Waals surface area contributed by atoms with Crippen LogP contribution in [0.1, 0.15) is 28.4 Å². The predicted molar refractivity (Wildman–Crippen MR) is 87.6 cm³/mol. The molecule has 3 aromatic rings. The summed E-state index contributed by atoms with van der Waals surface area (Å²) in [6.45, 7) is 3.85. The number of hydrogen-bond acceptors (Lipinski definition) is 2. The molecule has 110 valence electrons. The molecule has 0 aliphatic rings. The second-order valence-electron chi connectivity index (χ2n) is 5.17. The van der Waals surface area contributed by atoms with Crippen LogP contribution in [0.2, 0.25) is 0 Å². The van der Waals surface area contributed by atoms with Crippen molar-refractivity contribution in [1.29, 1.82) is 0 Å². The molecule has 0 saturated heterocycles. The number of nitrogens with zero attached hydrogens (tertiary/aromatic N) is 2. The zero-order chi connectivity index (χ0) is 15.5. The number of fused-ring (bicyclic) bond motifs is 1. The van der Waals surface area contributed by atoms with Crippen LogP contribution in [-0.4, -0.2) is 15.5 Å². The lowest BCUT2D eigenvalue weighted by Crippen LogP contribution is -2.12. The predicted octanol–water partition coefficient (Wildman–Crippen LogP) is 3.30. The Labute approximate surface area is 128 Å². The Morgan fingerprint density at radius 1 is 1.23 bits per heavy atom. The van der Waals surface area contributed by atoms with Gasteiger partial charge < -0.3 is 10.3 Å². The molecule has 22 heavy (non-hydrogen) atoms. The van der Waals surface area contributed by atoms with Gasteiger partial charge in [0.15, 0.2) is 0 Å². The van der Waals surface area contributed by atoms with E-state index in [-0.39, 0.29) is 6.04 Å². The highest BCUT2D eigenvalue weighted by Crippen LogP contribution is 2.27. The lowest BCUT2D eigenvalue weighted by molar-refractivity contribution is 0.100. The highest BCUT2D eigenvalue weighted by molar-refractivity contribution is 5.92. The first-order valence-electron chi connectivity index (χ1n) is 7.13. The van der Waals surface area contributed by atoms with Gasteiger partial charge in [-0.15, -0.1) is 6.58 Å². The Bertz CT molecular complexity index is 818. The third-order valence-electron chi connectivity index (χ3n) is 3.79. The van der Waals surface area contributed by atoms with Crippen LogP contribution >= 0.6 is 0 Å². The highest BCUT2D eigenvalue weighted by atomic mass is 16.1. The maximum Gasteiger partial charge on any atom is 0.248 e. The summed E-state index contributed by atoms with van der Waals surface area (Å²) in [5, 5.41) is 0. The van der Waals surface area contributed by atoms with E-state index in [1.54, 1.807) is 12.1 Å². The third-order valence-corrected chi connectivity index (χ3v) is 3.79. The highest BCUT2D eigenvalue weighted by Gasteiger charge is 2.15. The van der Waals surface area contributed by atoms with E-state index in [1.165, 1.54) is 0 Å². The smallest absolute Gasteiger partial charge is 0.248 e. The summed E-state index contributed by atoms with van der Waals surface area (Å²) in [6, 6.07) is 15.5. The topological polar surface area (TPSA) is 60.9 Å². The van der Waals surface area contributed by atoms with E-state index < -0.39 is 5.91 Å². The molecule has 1 unspecified atom stereocenters. The van der Waals surface area contributed by atoms with E-state index in [0.717, 1.165) is 23.0 Å². The van der Waals surface area contributed by atoms with Gasteiger partial charge in [-0.1, -0.05) is 30.3 Å². The van der Waals surface area contributed by atoms with Crippen molar-refractivity contribution in [2.45, 2.75) is 12.5 Å². The first-order valence-corrected chi connectivity index (χ1v) is 7.13. The molecule has 0 saturated carbocycles. The van der Waals surface area contributed by atoms with Gasteiger partial charge in [0, 0.05) is 5.56 Å². The Morgan fingerprint density at radius 2 is 1.95 bits per heavy atom. The zero-order valence-electron chi connectivity index (χ0n) is 12.1. The molecule has 2 N–H and O–H groups in total. The fourth-order valence-electron chi connectivity index (χ4n) is 2.66. The molecule has 4 nitrogen and oxygen atoms in total. The second kappa shape index (κ2) is 5.85. The van der Waals surface area contributed by atoms with Gasteiger partial charge in [0.1, 0.15) is 0 Å². The van der Waals surface area contributed by atoms with Crippen LogP contribution in [0.3, 0.4) is 0 Å². The number of allylic oxidation sites excluding steroid dienone is 1. The molecule has 3 rings (SSSR count). The SMILES string of the molecule is C=CCC(c1ccc(C(N)=O)cc1)n1cnc2ccccc21. The average Bonchev–Trinajstić information content (AvgIpc) is 2.96. The lowest BCUT2D eigenvalue weighted by atomic mass is 10.0. The van der Waals surface area contributed by atoms with Crippen molar-refractivity contribution >= 4 is 16.9 Å². The summed E-state index contributed by atoms with van der Waals surface area (Å²) in [6.07, 6.45) is 4.51. The monoisotopic (exact) mass is 291 g/mol. The number of benzene rings is 2. The minimum absolute atomic E-state index is 0.0897. The number of nitrogens with two attached hydrogens (primary N) is 1. The second-order valence-corrected chi connectivity index (χ2v) is 5.17. The van der Waals surface area contributed by atoms with Crippen molar-refractivity contribution in [3.05, 3.63) is 78.6 Å². The van der Waals surface area contributed by atoms with Crippen LogP contribution in [0, 0.1) is 0 Å². The standard InChI is InChI=1S/C18H17N3O/c1-2-5-16(13-8-10-14(11-9-13)18(19)22)21-12-20-15-6-3-4-7-17(15)21/h2-4,6-12,16H,1,5H2,(H2,19,22). The number of para-hydroxylation sites is 2. The molecule has 0 radical (unpaired) electrons. The van der Waals surface area contributed by atoms with Crippen LogP contribution in [-0.2, 0) is 0 Å². The molecule has 4 heteroatoms. The summed E-state index contributed by atoms with van der Waals surface area (Å²) in [4.78, 5) is 15.6. The first-order chi connectivity index (χ1) is 10.7. The number of hydrogen-bond donors (Lipinski definition) is 1. The minimum Gasteiger partial charge on any atom is -0.366 e. The van der Waals surface area contributed by atoms with Crippen molar-refractivity contribution in [3.63, 3.8) is 0 Å². The molecule has 0 aliphatic heterocycles. The Balaban J connectivity index is 2.05. The largest absolute Gasteiger partial charge is 0.366 e. The number of carbonyl (C=O) groups excluding carboxylic acids is 1. The van der Waals surface area contributed by atoms with E-state index in [4.69, 9.17) is 5.73 Å². The molecule has 0 fully saturated rings. The van der Waals surface area contributed by atoms with Gasteiger partial charge in [0.25, 0.3) is 0 Å². The number of amides is 1. The Morgan fingerprint density at radius 3 is 2.64 bits per heavy atom. The lowest BCUT2D eigenvalue weighted by Gasteiger charge is -2.19. The number of carbonyl (C=O) groups is 1. The molecular weight excluding hydrogens is 274 g/mol. The van der Waals surface area contributed by atoms with E-state index >= 15 is 0 Å². The van der Waals surface area contributed by atoms with Gasteiger partial charge >= 0.3 is 0 Å². The first kappa shape index (κ1) is 14.1. The number of aromatic nitrogens is 2. The molecule has 1 heterocycles. The van der Waals surface area contributed by atoms with E-state index in [1.807, 2.05) is 42.7 Å². The molecule has 1 amide bonds.